The first-order chi connectivity index (χ1) is 22.8. The predicted octanol–water partition coefficient (Wildman–Crippen LogP) is 11.8. The molecule has 0 N–H and O–H groups in total. The molecule has 0 atom stereocenters. The Hall–Kier alpha value is -5.92. The molecule has 1 heteroatoms. The average molecular weight is 583 g/mol. The van der Waals surface area contributed by atoms with Crippen molar-refractivity contribution in [2.75, 3.05) is 0 Å². The van der Waals surface area contributed by atoms with Crippen molar-refractivity contribution >= 4 is 21.5 Å². The topological polar surface area (TPSA) is 9.23 Å². The van der Waals surface area contributed by atoms with Gasteiger partial charge in [0.15, 0.2) is 0 Å². The van der Waals surface area contributed by atoms with Crippen LogP contribution >= 0.6 is 0 Å². The van der Waals surface area contributed by atoms with Gasteiger partial charge in [-0.15, -0.1) is 0 Å². The van der Waals surface area contributed by atoms with Crippen LogP contribution in [0, 0.1) is 0 Å². The summed E-state index contributed by atoms with van der Waals surface area (Å²) in [6, 6.07) is 58.4. The van der Waals surface area contributed by atoms with Gasteiger partial charge in [0, 0.05) is 10.9 Å². The van der Waals surface area contributed by atoms with Crippen LogP contribution in [0.4, 0.5) is 0 Å². The molecule has 0 saturated heterocycles. The second-order valence-corrected chi connectivity index (χ2v) is 12.8. The Labute approximate surface area is 267 Å². The van der Waals surface area contributed by atoms with Crippen molar-refractivity contribution in [1.29, 1.82) is 0 Å². The smallest absolute Gasteiger partial charge is 0.135 e. The summed E-state index contributed by atoms with van der Waals surface area (Å²) in [5, 5.41) is 4.93. The quantitative estimate of drug-likeness (QED) is 0.187. The second kappa shape index (κ2) is 8.62. The fourth-order valence-corrected chi connectivity index (χ4v) is 8.76. The third-order valence-electron chi connectivity index (χ3n) is 10.6. The second-order valence-electron chi connectivity index (χ2n) is 12.8. The first kappa shape index (κ1) is 24.4. The molecule has 0 aromatic heterocycles. The molecule has 8 aromatic rings. The summed E-state index contributed by atoms with van der Waals surface area (Å²) < 4.78 is 6.35. The SMILES string of the molecule is c1ccc2c(c1)Oc1cccc3cc(-c4ccc5c(c4)C4(c6ccccc6-c6ccccc64)c4cc6ccccc6cc4-5)cc-2c13. The highest BCUT2D eigenvalue weighted by Crippen LogP contribution is 2.63. The third kappa shape index (κ3) is 2.96. The van der Waals surface area contributed by atoms with E-state index in [0.29, 0.717) is 0 Å². The maximum Gasteiger partial charge on any atom is 0.135 e. The lowest BCUT2D eigenvalue weighted by atomic mass is 9.70. The monoisotopic (exact) mass is 582 g/mol. The van der Waals surface area contributed by atoms with Gasteiger partial charge in [-0.05, 0) is 120 Å². The Morgan fingerprint density at radius 1 is 0.326 bits per heavy atom. The van der Waals surface area contributed by atoms with E-state index >= 15 is 0 Å². The number of benzene rings is 8. The maximum atomic E-state index is 6.35. The maximum absolute atomic E-state index is 6.35. The van der Waals surface area contributed by atoms with Crippen LogP contribution in [0.2, 0.25) is 0 Å². The molecule has 0 bridgehead atoms. The summed E-state index contributed by atoms with van der Waals surface area (Å²) in [5.41, 5.74) is 15.2. The average Bonchev–Trinajstić information content (AvgIpc) is 3.57. The normalized spacial score (nSPS) is 14.0. The van der Waals surface area contributed by atoms with Crippen molar-refractivity contribution in [1.82, 2.24) is 0 Å². The van der Waals surface area contributed by atoms with E-state index in [9.17, 15) is 0 Å². The molecular formula is C45H26O. The zero-order chi connectivity index (χ0) is 30.0. The van der Waals surface area contributed by atoms with Gasteiger partial charge in [-0.3, -0.25) is 0 Å². The summed E-state index contributed by atoms with van der Waals surface area (Å²) in [4.78, 5) is 0. The van der Waals surface area contributed by atoms with E-state index in [-0.39, 0.29) is 0 Å². The lowest BCUT2D eigenvalue weighted by molar-refractivity contribution is 0.487. The van der Waals surface area contributed by atoms with Crippen molar-refractivity contribution in [2.45, 2.75) is 5.41 Å². The Morgan fingerprint density at radius 3 is 1.74 bits per heavy atom. The summed E-state index contributed by atoms with van der Waals surface area (Å²) in [5.74, 6) is 1.83. The van der Waals surface area contributed by atoms with Gasteiger partial charge >= 0.3 is 0 Å². The van der Waals surface area contributed by atoms with Crippen molar-refractivity contribution in [2.24, 2.45) is 0 Å². The fraction of sp³-hybridized carbons (Fsp3) is 0.0222. The molecule has 2 aliphatic carbocycles. The van der Waals surface area contributed by atoms with Gasteiger partial charge in [-0.25, -0.2) is 0 Å². The molecule has 0 saturated carbocycles. The molecule has 8 aromatic carbocycles. The molecule has 1 spiro atoms. The Bertz CT molecular complexity index is 2580. The highest BCUT2D eigenvalue weighted by molar-refractivity contribution is 6.07. The molecule has 1 aliphatic heterocycles. The van der Waals surface area contributed by atoms with E-state index in [1.807, 2.05) is 6.07 Å². The highest BCUT2D eigenvalue weighted by atomic mass is 16.5. The van der Waals surface area contributed by atoms with Crippen LogP contribution in [0.5, 0.6) is 11.5 Å². The van der Waals surface area contributed by atoms with Crippen LogP contribution in [-0.4, -0.2) is 0 Å². The predicted molar refractivity (Wildman–Crippen MR) is 189 cm³/mol. The van der Waals surface area contributed by atoms with Crippen molar-refractivity contribution < 1.29 is 4.74 Å². The molecule has 11 rings (SSSR count). The summed E-state index contributed by atoms with van der Waals surface area (Å²) >= 11 is 0. The molecule has 46 heavy (non-hydrogen) atoms. The Morgan fingerprint density at radius 2 is 0.935 bits per heavy atom. The standard InChI is InChI=1S/C45H26O/c1-2-11-28-25-41-36(23-27(28)10-1)34-21-20-29(26-40(34)45(41)38-16-6-3-13-32(38)33-14-4-7-17-39(33)45)31-22-30-12-9-19-43-44(30)37(24-31)35-15-5-8-18-42(35)46-43/h1-26H. The van der Waals surface area contributed by atoms with E-state index in [1.54, 1.807) is 0 Å². The number of hydrogen-bond donors (Lipinski definition) is 0. The van der Waals surface area contributed by atoms with Crippen molar-refractivity contribution in [3.63, 3.8) is 0 Å². The zero-order valence-electron chi connectivity index (χ0n) is 24.9. The molecule has 0 amide bonds. The Balaban J connectivity index is 1.23. The molecule has 0 fully saturated rings. The van der Waals surface area contributed by atoms with Crippen LogP contribution in [0.3, 0.4) is 0 Å². The minimum absolute atomic E-state index is 0.392. The van der Waals surface area contributed by atoms with Crippen LogP contribution < -0.4 is 4.74 Å². The largest absolute Gasteiger partial charge is 0.456 e. The van der Waals surface area contributed by atoms with Gasteiger partial charge < -0.3 is 4.74 Å². The molecule has 0 radical (unpaired) electrons. The Kier molecular flexibility index (Phi) is 4.57. The molecule has 0 unspecified atom stereocenters. The van der Waals surface area contributed by atoms with Crippen LogP contribution in [0.1, 0.15) is 22.3 Å². The first-order valence-corrected chi connectivity index (χ1v) is 16.0. The van der Waals surface area contributed by atoms with Crippen LogP contribution in [0.15, 0.2) is 158 Å². The van der Waals surface area contributed by atoms with Crippen molar-refractivity contribution in [3.05, 3.63) is 180 Å². The number of ether oxygens (including phenoxy) is 1. The minimum atomic E-state index is -0.392. The number of fused-ring (bicyclic) bond motifs is 13. The van der Waals surface area contributed by atoms with Gasteiger partial charge in [-0.1, -0.05) is 115 Å². The molecule has 212 valence electrons. The molecule has 3 aliphatic rings. The van der Waals surface area contributed by atoms with Crippen LogP contribution in [-0.2, 0) is 5.41 Å². The first-order valence-electron chi connectivity index (χ1n) is 16.0. The van der Waals surface area contributed by atoms with E-state index < -0.39 is 5.41 Å². The third-order valence-corrected chi connectivity index (χ3v) is 10.6. The highest BCUT2D eigenvalue weighted by Gasteiger charge is 2.51. The van der Waals surface area contributed by atoms with Gasteiger partial charge in [0.1, 0.15) is 11.5 Å². The minimum Gasteiger partial charge on any atom is -0.456 e. The molecular weight excluding hydrogens is 556 g/mol. The fourth-order valence-electron chi connectivity index (χ4n) is 8.76. The van der Waals surface area contributed by atoms with E-state index in [4.69, 9.17) is 4.74 Å². The van der Waals surface area contributed by atoms with Crippen molar-refractivity contribution in [3.8, 4) is 56.0 Å². The van der Waals surface area contributed by atoms with Crippen LogP contribution in [0.25, 0.3) is 66.1 Å². The number of rotatable bonds is 1. The molecule has 1 nitrogen and oxygen atoms in total. The number of para-hydroxylation sites is 1. The van der Waals surface area contributed by atoms with Gasteiger partial charge in [0.05, 0.1) is 5.41 Å². The molecule has 1 heterocycles. The summed E-state index contributed by atoms with van der Waals surface area (Å²) in [7, 11) is 0. The summed E-state index contributed by atoms with van der Waals surface area (Å²) in [6.07, 6.45) is 0. The van der Waals surface area contributed by atoms with Gasteiger partial charge in [0.25, 0.3) is 0 Å². The van der Waals surface area contributed by atoms with E-state index in [2.05, 4.69) is 152 Å². The van der Waals surface area contributed by atoms with Gasteiger partial charge in [-0.2, -0.15) is 0 Å². The number of hydrogen-bond acceptors (Lipinski definition) is 1. The van der Waals surface area contributed by atoms with E-state index in [1.165, 1.54) is 82.7 Å². The summed E-state index contributed by atoms with van der Waals surface area (Å²) in [6.45, 7) is 0. The van der Waals surface area contributed by atoms with Gasteiger partial charge in [0.2, 0.25) is 0 Å². The zero-order valence-corrected chi connectivity index (χ0v) is 24.9. The lowest BCUT2D eigenvalue weighted by Crippen LogP contribution is -2.25. The lowest BCUT2D eigenvalue weighted by Gasteiger charge is -2.31. The van der Waals surface area contributed by atoms with E-state index in [0.717, 1.165) is 17.1 Å².